The first-order valence-electron chi connectivity index (χ1n) is 8.66. The van der Waals surface area contributed by atoms with Crippen molar-refractivity contribution in [3.8, 4) is 23.0 Å². The number of hydrogen-bond acceptors (Lipinski definition) is 4. The first-order chi connectivity index (χ1) is 13.0. The molecule has 0 amide bonds. The molecule has 6 nitrogen and oxygen atoms in total. The lowest BCUT2D eigenvalue weighted by Gasteiger charge is -2.16. The van der Waals surface area contributed by atoms with Gasteiger partial charge in [0.05, 0.1) is 10.6 Å². The Morgan fingerprint density at radius 2 is 2.07 bits per heavy atom. The van der Waals surface area contributed by atoms with E-state index < -0.39 is 10.0 Å². The molecule has 27 heavy (non-hydrogen) atoms. The van der Waals surface area contributed by atoms with Crippen molar-refractivity contribution >= 4 is 21.1 Å². The lowest BCUT2D eigenvalue weighted by atomic mass is 10.1. The van der Waals surface area contributed by atoms with Gasteiger partial charge in [0.25, 0.3) is 0 Å². The van der Waals surface area contributed by atoms with Gasteiger partial charge < -0.3 is 10.1 Å². The van der Waals surface area contributed by atoms with Crippen LogP contribution >= 0.6 is 0 Å². The summed E-state index contributed by atoms with van der Waals surface area (Å²) >= 11 is 0. The molecule has 0 aliphatic heterocycles. The van der Waals surface area contributed by atoms with E-state index >= 15 is 0 Å². The summed E-state index contributed by atoms with van der Waals surface area (Å²) < 4.78 is 27.0. The highest BCUT2D eigenvalue weighted by Gasteiger charge is 2.35. The molecule has 2 heterocycles. The normalized spacial score (nSPS) is 14.3. The molecular formula is C20H19N3O3S. The molecule has 7 heteroatoms. The van der Waals surface area contributed by atoms with Gasteiger partial charge >= 0.3 is 0 Å². The number of nitrogens with zero attached hydrogens (tertiary/aromatic N) is 2. The summed E-state index contributed by atoms with van der Waals surface area (Å²) in [6.07, 6.45) is 3.55. The molecule has 0 spiro atoms. The number of aliphatic hydroxyl groups is 1. The third-order valence-corrected chi connectivity index (χ3v) is 6.58. The molecular weight excluding hydrogens is 362 g/mol. The van der Waals surface area contributed by atoms with Gasteiger partial charge in [0.1, 0.15) is 12.3 Å². The van der Waals surface area contributed by atoms with Crippen molar-refractivity contribution in [2.75, 3.05) is 13.7 Å². The van der Waals surface area contributed by atoms with Crippen molar-refractivity contribution in [2.45, 2.75) is 23.8 Å². The highest BCUT2D eigenvalue weighted by molar-refractivity contribution is 7.89. The summed E-state index contributed by atoms with van der Waals surface area (Å²) in [5.74, 6) is 5.42. The van der Waals surface area contributed by atoms with Gasteiger partial charge in [-0.15, -0.1) is 0 Å². The lowest BCUT2D eigenvalue weighted by molar-refractivity contribution is 0.350. The van der Waals surface area contributed by atoms with E-state index in [-0.39, 0.29) is 17.5 Å². The molecule has 1 fully saturated rings. The van der Waals surface area contributed by atoms with Crippen molar-refractivity contribution in [3.05, 3.63) is 48.3 Å². The molecule has 138 valence electrons. The molecule has 0 saturated heterocycles. The average molecular weight is 381 g/mol. The number of nitrogens with one attached hydrogen (secondary N) is 1. The van der Waals surface area contributed by atoms with Gasteiger partial charge in [-0.1, -0.05) is 18.1 Å². The zero-order chi connectivity index (χ0) is 19.0. The smallest absolute Gasteiger partial charge is 0.243 e. The Hall–Kier alpha value is -2.66. The minimum atomic E-state index is -3.49. The fourth-order valence-corrected chi connectivity index (χ4v) is 4.47. The van der Waals surface area contributed by atoms with Crippen molar-refractivity contribution in [2.24, 2.45) is 0 Å². The van der Waals surface area contributed by atoms with Crippen LogP contribution in [-0.2, 0) is 10.0 Å². The lowest BCUT2D eigenvalue weighted by Crippen LogP contribution is -2.28. The Morgan fingerprint density at radius 3 is 2.81 bits per heavy atom. The van der Waals surface area contributed by atoms with Gasteiger partial charge in [-0.2, -0.15) is 4.31 Å². The first-order valence-corrected chi connectivity index (χ1v) is 10.1. The second-order valence-corrected chi connectivity index (χ2v) is 8.58. The molecule has 2 N–H and O–H groups in total. The van der Waals surface area contributed by atoms with Crippen LogP contribution in [0.4, 0.5) is 0 Å². The van der Waals surface area contributed by atoms with Gasteiger partial charge in [0, 0.05) is 30.2 Å². The fourth-order valence-electron chi connectivity index (χ4n) is 3.01. The van der Waals surface area contributed by atoms with E-state index in [9.17, 15) is 8.42 Å². The van der Waals surface area contributed by atoms with Crippen LogP contribution in [0.1, 0.15) is 18.5 Å². The molecule has 1 aliphatic rings. The third-order valence-electron chi connectivity index (χ3n) is 4.68. The summed E-state index contributed by atoms with van der Waals surface area (Å²) in [6.45, 7) is -0.204. The van der Waals surface area contributed by atoms with Crippen LogP contribution in [0.3, 0.4) is 0 Å². The van der Waals surface area contributed by atoms with Crippen LogP contribution in [0.5, 0.6) is 0 Å². The molecule has 2 aromatic heterocycles. The molecule has 0 unspecified atom stereocenters. The van der Waals surface area contributed by atoms with Crippen molar-refractivity contribution in [1.29, 1.82) is 0 Å². The summed E-state index contributed by atoms with van der Waals surface area (Å²) in [4.78, 5) is 7.78. The van der Waals surface area contributed by atoms with Gasteiger partial charge in [-0.05, 0) is 48.6 Å². The second-order valence-electron chi connectivity index (χ2n) is 6.58. The highest BCUT2D eigenvalue weighted by atomic mass is 32.2. The van der Waals surface area contributed by atoms with Crippen molar-refractivity contribution < 1.29 is 13.5 Å². The van der Waals surface area contributed by atoms with Crippen LogP contribution in [0.25, 0.3) is 22.2 Å². The largest absolute Gasteiger partial charge is 0.384 e. The molecule has 1 saturated carbocycles. The van der Waals surface area contributed by atoms with E-state index in [1.54, 1.807) is 31.4 Å². The molecule has 0 atom stereocenters. The van der Waals surface area contributed by atoms with E-state index in [2.05, 4.69) is 21.8 Å². The van der Waals surface area contributed by atoms with Crippen molar-refractivity contribution in [1.82, 2.24) is 14.3 Å². The minimum absolute atomic E-state index is 0.120. The van der Waals surface area contributed by atoms with Crippen LogP contribution in [0.15, 0.2) is 47.5 Å². The third kappa shape index (κ3) is 3.47. The predicted octanol–water partition coefficient (Wildman–Crippen LogP) is 2.36. The van der Waals surface area contributed by atoms with E-state index in [0.29, 0.717) is 11.3 Å². The number of benzene rings is 1. The Balaban J connectivity index is 1.71. The number of aromatic amines is 1. The molecule has 3 aromatic rings. The number of pyridine rings is 1. The minimum Gasteiger partial charge on any atom is -0.384 e. The maximum atomic E-state index is 12.8. The SMILES string of the molecule is CN(C1CC1)S(=O)(=O)c1cccc(-c2cnc3[nH]c(C#CCO)cc3c2)c1. The number of H-pyrrole nitrogens is 1. The Morgan fingerprint density at radius 1 is 1.26 bits per heavy atom. The van der Waals surface area contributed by atoms with Crippen LogP contribution in [0.2, 0.25) is 0 Å². The quantitative estimate of drug-likeness (QED) is 0.680. The molecule has 0 radical (unpaired) electrons. The molecule has 1 aliphatic carbocycles. The Labute approximate surface area is 157 Å². The Bertz CT molecular complexity index is 1170. The number of hydrogen-bond donors (Lipinski definition) is 2. The number of aliphatic hydroxyl groups excluding tert-OH is 1. The Kier molecular flexibility index (Phi) is 4.48. The maximum absolute atomic E-state index is 12.8. The van der Waals surface area contributed by atoms with E-state index in [1.807, 2.05) is 18.2 Å². The zero-order valence-corrected chi connectivity index (χ0v) is 15.6. The van der Waals surface area contributed by atoms with Crippen LogP contribution in [-0.4, -0.2) is 47.5 Å². The fraction of sp³-hybridized carbons (Fsp3) is 0.250. The molecule has 0 bridgehead atoms. The summed E-state index contributed by atoms with van der Waals surface area (Å²) in [6, 6.07) is 10.9. The first kappa shape index (κ1) is 17.7. The summed E-state index contributed by atoms with van der Waals surface area (Å²) in [5, 5.41) is 9.68. The van der Waals surface area contributed by atoms with Gasteiger partial charge in [-0.3, -0.25) is 0 Å². The number of fused-ring (bicyclic) bond motifs is 1. The number of rotatable bonds is 4. The second kappa shape index (κ2) is 6.82. The number of aromatic nitrogens is 2. The average Bonchev–Trinajstić information content (AvgIpc) is 3.44. The van der Waals surface area contributed by atoms with Crippen LogP contribution in [0, 0.1) is 11.8 Å². The topological polar surface area (TPSA) is 86.3 Å². The molecule has 4 rings (SSSR count). The van der Waals surface area contributed by atoms with Gasteiger partial charge in [0.15, 0.2) is 0 Å². The standard InChI is InChI=1S/C20H19N3O3S/c1-23(18-7-8-18)27(25,26)19-6-2-4-14(12-19)16-10-15-11-17(5-3-9-24)22-20(15)21-13-16/h2,4,6,10-13,18,24H,7-9H2,1H3,(H,21,22). The zero-order valence-electron chi connectivity index (χ0n) is 14.8. The molecule has 1 aromatic carbocycles. The maximum Gasteiger partial charge on any atom is 0.243 e. The van der Waals surface area contributed by atoms with Crippen molar-refractivity contribution in [3.63, 3.8) is 0 Å². The number of sulfonamides is 1. The van der Waals surface area contributed by atoms with Gasteiger partial charge in [-0.25, -0.2) is 13.4 Å². The summed E-state index contributed by atoms with van der Waals surface area (Å²) in [5.41, 5.74) is 2.98. The highest BCUT2D eigenvalue weighted by Crippen LogP contribution is 2.32. The summed E-state index contributed by atoms with van der Waals surface area (Å²) in [7, 11) is -1.85. The monoisotopic (exact) mass is 381 g/mol. The predicted molar refractivity (Wildman–Crippen MR) is 103 cm³/mol. The van der Waals surface area contributed by atoms with Gasteiger partial charge in [0.2, 0.25) is 10.0 Å². The van der Waals surface area contributed by atoms with E-state index in [0.717, 1.165) is 29.4 Å². The van der Waals surface area contributed by atoms with E-state index in [1.165, 1.54) is 4.31 Å². The van der Waals surface area contributed by atoms with E-state index in [4.69, 9.17) is 5.11 Å². The van der Waals surface area contributed by atoms with Crippen LogP contribution < -0.4 is 0 Å².